The van der Waals surface area contributed by atoms with Gasteiger partial charge in [0.25, 0.3) is 5.56 Å². The van der Waals surface area contributed by atoms with E-state index in [2.05, 4.69) is 4.98 Å². The van der Waals surface area contributed by atoms with Crippen molar-refractivity contribution >= 4 is 16.0 Å². The second-order valence-corrected chi connectivity index (χ2v) is 7.98. The van der Waals surface area contributed by atoms with Crippen molar-refractivity contribution in [3.63, 3.8) is 0 Å². The minimum absolute atomic E-state index is 0.129. The third-order valence-electron chi connectivity index (χ3n) is 4.39. The molecular weight excluding hydrogens is 362 g/mol. The molecule has 1 saturated heterocycles. The van der Waals surface area contributed by atoms with E-state index in [4.69, 9.17) is 5.11 Å². The molecule has 26 heavy (non-hydrogen) atoms. The molecule has 0 bridgehead atoms. The van der Waals surface area contributed by atoms with Crippen molar-refractivity contribution in [2.24, 2.45) is 0 Å². The summed E-state index contributed by atoms with van der Waals surface area (Å²) in [5.41, 5.74) is -0.876. The average Bonchev–Trinajstić information content (AvgIpc) is 2.61. The van der Waals surface area contributed by atoms with Gasteiger partial charge in [0.05, 0.1) is 5.56 Å². The zero-order valence-corrected chi connectivity index (χ0v) is 14.5. The lowest BCUT2D eigenvalue weighted by Gasteiger charge is -2.32. The number of hydrogen-bond acceptors (Lipinski definition) is 5. The Morgan fingerprint density at radius 1 is 1.27 bits per heavy atom. The molecule has 1 fully saturated rings. The molecule has 138 valence electrons. The summed E-state index contributed by atoms with van der Waals surface area (Å²) in [6, 6.07) is 6.40. The van der Waals surface area contributed by atoms with Crippen LogP contribution in [0.4, 0.5) is 0 Å². The summed E-state index contributed by atoms with van der Waals surface area (Å²) in [6.45, 7) is 0.375. The summed E-state index contributed by atoms with van der Waals surface area (Å²) in [7, 11) is -4.07. The van der Waals surface area contributed by atoms with Crippen LogP contribution in [0.5, 0.6) is 0 Å². The molecule has 0 radical (unpaired) electrons. The number of benzene rings is 1. The van der Waals surface area contributed by atoms with Crippen LogP contribution in [0, 0.1) is 0 Å². The van der Waals surface area contributed by atoms with Crippen LogP contribution in [0.25, 0.3) is 0 Å². The average molecular weight is 379 g/mol. The second kappa shape index (κ2) is 6.89. The highest BCUT2D eigenvalue weighted by Crippen LogP contribution is 2.30. The van der Waals surface area contributed by atoms with E-state index in [0.717, 1.165) is 11.8 Å². The van der Waals surface area contributed by atoms with Gasteiger partial charge in [0.1, 0.15) is 0 Å². The molecule has 0 spiro atoms. The predicted octanol–water partition coefficient (Wildman–Crippen LogP) is 0.330. The highest BCUT2D eigenvalue weighted by Gasteiger charge is 2.33. The van der Waals surface area contributed by atoms with Gasteiger partial charge in [-0.3, -0.25) is 9.78 Å². The van der Waals surface area contributed by atoms with Gasteiger partial charge in [0.15, 0.2) is 4.90 Å². The van der Waals surface area contributed by atoms with Crippen molar-refractivity contribution in [2.75, 3.05) is 13.1 Å². The number of aromatic carboxylic acids is 1. The van der Waals surface area contributed by atoms with E-state index in [-0.39, 0.29) is 24.6 Å². The molecule has 9 nitrogen and oxygen atoms in total. The monoisotopic (exact) mass is 379 g/mol. The highest BCUT2D eigenvalue weighted by atomic mass is 32.2. The van der Waals surface area contributed by atoms with Gasteiger partial charge in [-0.1, -0.05) is 12.1 Å². The minimum Gasteiger partial charge on any atom is -0.478 e. The lowest BCUT2D eigenvalue weighted by atomic mass is 9.91. The number of rotatable bonds is 4. The zero-order chi connectivity index (χ0) is 18.9. The Morgan fingerprint density at radius 3 is 2.73 bits per heavy atom. The molecule has 3 N–H and O–H groups in total. The van der Waals surface area contributed by atoms with Crippen molar-refractivity contribution in [1.82, 2.24) is 14.3 Å². The van der Waals surface area contributed by atoms with Crippen molar-refractivity contribution in [1.29, 1.82) is 0 Å². The van der Waals surface area contributed by atoms with Crippen molar-refractivity contribution in [3.8, 4) is 0 Å². The first kappa shape index (κ1) is 18.1. The fourth-order valence-electron chi connectivity index (χ4n) is 3.09. The van der Waals surface area contributed by atoms with Crippen LogP contribution < -0.4 is 11.2 Å². The number of aromatic nitrogens is 2. The molecule has 0 amide bonds. The van der Waals surface area contributed by atoms with E-state index in [9.17, 15) is 22.8 Å². The van der Waals surface area contributed by atoms with Crippen LogP contribution >= 0.6 is 0 Å². The maximum absolute atomic E-state index is 12.8. The Morgan fingerprint density at radius 2 is 2.04 bits per heavy atom. The first-order valence-electron chi connectivity index (χ1n) is 7.94. The number of H-pyrrole nitrogens is 2. The lowest BCUT2D eigenvalue weighted by molar-refractivity contribution is 0.0696. The Labute approximate surface area is 148 Å². The largest absolute Gasteiger partial charge is 0.478 e. The number of sulfonamides is 1. The van der Waals surface area contributed by atoms with E-state index < -0.39 is 32.1 Å². The third-order valence-corrected chi connectivity index (χ3v) is 6.26. The summed E-state index contributed by atoms with van der Waals surface area (Å²) in [4.78, 5) is 37.7. The molecule has 1 aromatic heterocycles. The van der Waals surface area contributed by atoms with Crippen LogP contribution in [0.15, 0.2) is 44.9 Å². The van der Waals surface area contributed by atoms with Crippen LogP contribution in [0.2, 0.25) is 0 Å². The molecule has 1 atom stereocenters. The molecular formula is C16H17N3O6S. The summed E-state index contributed by atoms with van der Waals surface area (Å²) in [6.07, 6.45) is 2.17. The maximum atomic E-state index is 12.8. The van der Waals surface area contributed by atoms with Gasteiger partial charge in [-0.25, -0.2) is 18.0 Å². The van der Waals surface area contributed by atoms with Gasteiger partial charge in [-0.05, 0) is 36.5 Å². The molecule has 1 aliphatic rings. The van der Waals surface area contributed by atoms with E-state index in [1.165, 1.54) is 16.4 Å². The van der Waals surface area contributed by atoms with Gasteiger partial charge < -0.3 is 10.1 Å². The topological polar surface area (TPSA) is 140 Å². The Balaban J connectivity index is 1.90. The van der Waals surface area contributed by atoms with Crippen LogP contribution in [0.3, 0.4) is 0 Å². The number of carbonyl (C=O) groups is 1. The van der Waals surface area contributed by atoms with Crippen LogP contribution in [-0.4, -0.2) is 46.9 Å². The summed E-state index contributed by atoms with van der Waals surface area (Å²) >= 11 is 0. The number of nitrogens with zero attached hydrogens (tertiary/aromatic N) is 1. The number of aromatic amines is 2. The zero-order valence-electron chi connectivity index (χ0n) is 13.6. The smallest absolute Gasteiger partial charge is 0.335 e. The number of carboxylic acid groups (broad SMARTS) is 1. The second-order valence-electron chi connectivity index (χ2n) is 6.07. The summed E-state index contributed by atoms with van der Waals surface area (Å²) in [5.74, 6) is -1.23. The molecule has 3 rings (SSSR count). The normalized spacial score (nSPS) is 18.5. The molecule has 2 heterocycles. The lowest BCUT2D eigenvalue weighted by Crippen LogP contribution is -2.41. The predicted molar refractivity (Wildman–Crippen MR) is 91.8 cm³/mol. The van der Waals surface area contributed by atoms with E-state index in [1.54, 1.807) is 12.1 Å². The maximum Gasteiger partial charge on any atom is 0.335 e. The number of piperidine rings is 1. The number of carboxylic acids is 1. The molecule has 10 heteroatoms. The Hall–Kier alpha value is -2.72. The van der Waals surface area contributed by atoms with Crippen molar-refractivity contribution in [2.45, 2.75) is 23.7 Å². The Bertz CT molecular complexity index is 1060. The van der Waals surface area contributed by atoms with Gasteiger partial charge in [-0.15, -0.1) is 0 Å². The fourth-order valence-corrected chi connectivity index (χ4v) is 4.60. The quantitative estimate of drug-likeness (QED) is 0.699. The van der Waals surface area contributed by atoms with Crippen LogP contribution in [-0.2, 0) is 10.0 Å². The molecule has 1 aromatic carbocycles. The Kier molecular flexibility index (Phi) is 4.79. The molecule has 0 aliphatic carbocycles. The van der Waals surface area contributed by atoms with Crippen molar-refractivity contribution in [3.05, 3.63) is 62.4 Å². The van der Waals surface area contributed by atoms with Gasteiger partial charge in [-0.2, -0.15) is 4.31 Å². The fraction of sp³-hybridized carbons (Fsp3) is 0.312. The molecule has 0 unspecified atom stereocenters. The van der Waals surface area contributed by atoms with E-state index >= 15 is 0 Å². The molecule has 0 saturated carbocycles. The summed E-state index contributed by atoms with van der Waals surface area (Å²) < 4.78 is 26.7. The number of hydrogen-bond donors (Lipinski definition) is 3. The van der Waals surface area contributed by atoms with Gasteiger partial charge in [0.2, 0.25) is 10.0 Å². The number of nitrogens with one attached hydrogen (secondary N) is 2. The molecule has 2 aromatic rings. The minimum atomic E-state index is -4.07. The van der Waals surface area contributed by atoms with E-state index in [0.29, 0.717) is 12.8 Å². The van der Waals surface area contributed by atoms with Crippen molar-refractivity contribution < 1.29 is 18.3 Å². The standard InChI is InChI=1S/C16H17N3O6S/c20-14-13(8-17-16(23)18-14)26(24,25)19-6-2-5-12(9-19)10-3-1-4-11(7-10)15(21)22/h1,3-4,7-8,12H,2,5-6,9H2,(H,21,22)(H2,17,18,20,23)/t12-/m1/s1. The first-order chi connectivity index (χ1) is 12.3. The van der Waals surface area contributed by atoms with Crippen LogP contribution in [0.1, 0.15) is 34.7 Å². The van der Waals surface area contributed by atoms with E-state index in [1.807, 2.05) is 4.98 Å². The third kappa shape index (κ3) is 3.46. The molecule has 1 aliphatic heterocycles. The van der Waals surface area contributed by atoms with Gasteiger partial charge >= 0.3 is 11.7 Å². The van der Waals surface area contributed by atoms with Gasteiger partial charge in [0, 0.05) is 19.3 Å². The highest BCUT2D eigenvalue weighted by molar-refractivity contribution is 7.89. The SMILES string of the molecule is O=C(O)c1cccc([C@@H]2CCCN(S(=O)(=O)c3c[nH]c(=O)[nH]c3=O)C2)c1. The first-order valence-corrected chi connectivity index (χ1v) is 9.38. The summed E-state index contributed by atoms with van der Waals surface area (Å²) in [5, 5.41) is 9.12.